The van der Waals surface area contributed by atoms with Crippen LogP contribution < -0.4 is 5.32 Å². The highest BCUT2D eigenvalue weighted by Crippen LogP contribution is 2.30. The molecule has 1 heterocycles. The van der Waals surface area contributed by atoms with Crippen LogP contribution in [0.4, 0.5) is 0 Å². The fourth-order valence-electron chi connectivity index (χ4n) is 4.88. The molecule has 5 heteroatoms. The van der Waals surface area contributed by atoms with E-state index in [1.165, 1.54) is 24.8 Å². The van der Waals surface area contributed by atoms with Crippen molar-refractivity contribution >= 4 is 29.1 Å². The van der Waals surface area contributed by atoms with Crippen molar-refractivity contribution in [2.45, 2.75) is 50.6 Å². The summed E-state index contributed by atoms with van der Waals surface area (Å²) >= 11 is 12.2. The maximum atomic E-state index is 12.7. The Morgan fingerprint density at radius 3 is 2.41 bits per heavy atom. The second kappa shape index (κ2) is 9.51. The molecule has 1 saturated heterocycles. The summed E-state index contributed by atoms with van der Waals surface area (Å²) in [6, 6.07) is 16.2. The largest absolute Gasteiger partial charge is 0.348 e. The van der Waals surface area contributed by atoms with Crippen LogP contribution in [-0.4, -0.2) is 36.0 Å². The molecule has 0 unspecified atom stereocenters. The molecule has 29 heavy (non-hydrogen) atoms. The molecule has 2 aromatic carbocycles. The Morgan fingerprint density at radius 1 is 0.966 bits per heavy atom. The maximum Gasteiger partial charge on any atom is 0.253 e. The van der Waals surface area contributed by atoms with Gasteiger partial charge in [0.1, 0.15) is 0 Å². The van der Waals surface area contributed by atoms with Crippen LogP contribution in [0.3, 0.4) is 0 Å². The zero-order chi connectivity index (χ0) is 20.2. The molecule has 2 atom stereocenters. The third-order valence-corrected chi connectivity index (χ3v) is 7.05. The minimum Gasteiger partial charge on any atom is -0.348 e. The maximum absolute atomic E-state index is 12.7. The minimum atomic E-state index is -0.0508. The molecule has 0 bridgehead atoms. The van der Waals surface area contributed by atoms with E-state index in [1.807, 2.05) is 24.3 Å². The number of halogens is 2. The fourth-order valence-corrected chi connectivity index (χ4v) is 5.23. The lowest BCUT2D eigenvalue weighted by molar-refractivity contribution is 0.0862. The second-order valence-corrected chi connectivity index (χ2v) is 9.21. The van der Waals surface area contributed by atoms with Gasteiger partial charge in [0, 0.05) is 17.1 Å². The van der Waals surface area contributed by atoms with Crippen molar-refractivity contribution in [1.29, 1.82) is 0 Å². The van der Waals surface area contributed by atoms with Crippen molar-refractivity contribution < 1.29 is 4.79 Å². The Balaban J connectivity index is 1.31. The number of rotatable bonds is 5. The molecule has 1 N–H and O–H groups in total. The molecule has 2 fully saturated rings. The fraction of sp³-hybridized carbons (Fsp3) is 0.458. The molecule has 1 amide bonds. The first kappa shape index (κ1) is 20.7. The van der Waals surface area contributed by atoms with Gasteiger partial charge in [-0.2, -0.15) is 0 Å². The lowest BCUT2D eigenvalue weighted by Crippen LogP contribution is -2.51. The number of nitrogens with zero attached hydrogens (tertiary/aromatic N) is 1. The van der Waals surface area contributed by atoms with Gasteiger partial charge in [0.25, 0.3) is 5.91 Å². The average molecular weight is 431 g/mol. The second-order valence-electron chi connectivity index (χ2n) is 8.37. The van der Waals surface area contributed by atoms with E-state index in [1.54, 1.807) is 12.1 Å². The van der Waals surface area contributed by atoms with Crippen LogP contribution in [0.25, 0.3) is 0 Å². The first-order chi connectivity index (χ1) is 14.1. The van der Waals surface area contributed by atoms with Crippen LogP contribution in [-0.2, 0) is 6.42 Å². The molecule has 154 valence electrons. The molecule has 1 aliphatic heterocycles. The summed E-state index contributed by atoms with van der Waals surface area (Å²) in [5.41, 5.74) is 1.94. The Morgan fingerprint density at radius 2 is 1.69 bits per heavy atom. The molecular weight excluding hydrogens is 403 g/mol. The SMILES string of the molecule is O=C(N[C@@H]1CCC[C@H]1N1CCC(Cc2ccc(Cl)cc2)CC1)c1ccccc1Cl. The standard InChI is InChI=1S/C24H28Cl2N2O/c25-19-10-8-17(9-11-19)16-18-12-14-28(15-13-18)23-7-3-6-22(23)27-24(29)20-4-1-2-5-21(20)26/h1-2,4-5,8-11,18,22-23H,3,6-7,12-16H2,(H,27,29)/t22-,23-/m1/s1. The number of likely N-dealkylation sites (tertiary alicyclic amines) is 1. The van der Waals surface area contributed by atoms with E-state index in [4.69, 9.17) is 23.2 Å². The Hall–Kier alpha value is -1.55. The van der Waals surface area contributed by atoms with Gasteiger partial charge in [0.05, 0.1) is 10.6 Å². The Labute approximate surface area is 183 Å². The number of nitrogens with one attached hydrogen (secondary N) is 1. The van der Waals surface area contributed by atoms with Gasteiger partial charge in [-0.3, -0.25) is 9.69 Å². The number of benzene rings is 2. The molecular formula is C24H28Cl2N2O. The quantitative estimate of drug-likeness (QED) is 0.669. The van der Waals surface area contributed by atoms with E-state index in [-0.39, 0.29) is 11.9 Å². The van der Waals surface area contributed by atoms with Crippen molar-refractivity contribution in [3.63, 3.8) is 0 Å². The van der Waals surface area contributed by atoms with Crippen LogP contribution in [0.2, 0.25) is 10.0 Å². The molecule has 0 radical (unpaired) electrons. The molecule has 1 aliphatic carbocycles. The normalized spacial score (nSPS) is 23.2. The number of amides is 1. The Kier molecular flexibility index (Phi) is 6.79. The highest BCUT2D eigenvalue weighted by Gasteiger charge is 2.35. The molecule has 2 aromatic rings. The van der Waals surface area contributed by atoms with Crippen molar-refractivity contribution in [1.82, 2.24) is 10.2 Å². The number of piperidine rings is 1. The van der Waals surface area contributed by atoms with Crippen LogP contribution >= 0.6 is 23.2 Å². The summed E-state index contributed by atoms with van der Waals surface area (Å²) in [4.78, 5) is 15.3. The average Bonchev–Trinajstić information content (AvgIpc) is 3.18. The predicted molar refractivity (Wildman–Crippen MR) is 120 cm³/mol. The van der Waals surface area contributed by atoms with Gasteiger partial charge < -0.3 is 5.32 Å². The van der Waals surface area contributed by atoms with Crippen LogP contribution in [0.5, 0.6) is 0 Å². The van der Waals surface area contributed by atoms with E-state index in [0.717, 1.165) is 43.3 Å². The summed E-state index contributed by atoms with van der Waals surface area (Å²) in [6.45, 7) is 2.22. The van der Waals surface area contributed by atoms with Crippen molar-refractivity contribution in [3.8, 4) is 0 Å². The lowest BCUT2D eigenvalue weighted by atomic mass is 9.89. The van der Waals surface area contributed by atoms with E-state index in [9.17, 15) is 4.79 Å². The smallest absolute Gasteiger partial charge is 0.253 e. The van der Waals surface area contributed by atoms with Gasteiger partial charge in [0.2, 0.25) is 0 Å². The summed E-state index contributed by atoms with van der Waals surface area (Å²) in [5.74, 6) is 0.676. The third kappa shape index (κ3) is 5.14. The first-order valence-electron chi connectivity index (χ1n) is 10.6. The summed E-state index contributed by atoms with van der Waals surface area (Å²) in [7, 11) is 0. The summed E-state index contributed by atoms with van der Waals surface area (Å²) < 4.78 is 0. The van der Waals surface area contributed by atoms with E-state index >= 15 is 0 Å². The molecule has 3 nitrogen and oxygen atoms in total. The molecule has 0 spiro atoms. The van der Waals surface area contributed by atoms with Gasteiger partial charge in [-0.1, -0.05) is 47.5 Å². The number of carbonyl (C=O) groups excluding carboxylic acids is 1. The van der Waals surface area contributed by atoms with Gasteiger partial charge in [-0.25, -0.2) is 0 Å². The first-order valence-corrected chi connectivity index (χ1v) is 11.4. The molecule has 2 aliphatic rings. The van der Waals surface area contributed by atoms with Gasteiger partial charge in [-0.05, 0) is 87.4 Å². The van der Waals surface area contributed by atoms with Crippen molar-refractivity contribution in [2.75, 3.05) is 13.1 Å². The van der Waals surface area contributed by atoms with Gasteiger partial charge in [0.15, 0.2) is 0 Å². The molecule has 0 aromatic heterocycles. The number of hydrogen-bond acceptors (Lipinski definition) is 2. The highest BCUT2D eigenvalue weighted by molar-refractivity contribution is 6.33. The molecule has 4 rings (SSSR count). The van der Waals surface area contributed by atoms with Gasteiger partial charge >= 0.3 is 0 Å². The lowest BCUT2D eigenvalue weighted by Gasteiger charge is -2.38. The van der Waals surface area contributed by atoms with Crippen LogP contribution in [0, 0.1) is 5.92 Å². The Bertz CT molecular complexity index is 831. The summed E-state index contributed by atoms with van der Waals surface area (Å²) in [6.07, 6.45) is 6.93. The third-order valence-electron chi connectivity index (χ3n) is 6.47. The van der Waals surface area contributed by atoms with E-state index < -0.39 is 0 Å². The highest BCUT2D eigenvalue weighted by atomic mass is 35.5. The van der Waals surface area contributed by atoms with Crippen LogP contribution in [0.1, 0.15) is 48.0 Å². The van der Waals surface area contributed by atoms with Gasteiger partial charge in [-0.15, -0.1) is 0 Å². The predicted octanol–water partition coefficient (Wildman–Crippen LogP) is 5.60. The topological polar surface area (TPSA) is 32.3 Å². The van der Waals surface area contributed by atoms with E-state index in [2.05, 4.69) is 22.3 Å². The summed E-state index contributed by atoms with van der Waals surface area (Å²) in [5, 5.41) is 4.58. The molecule has 1 saturated carbocycles. The monoisotopic (exact) mass is 430 g/mol. The van der Waals surface area contributed by atoms with Crippen LogP contribution in [0.15, 0.2) is 48.5 Å². The van der Waals surface area contributed by atoms with Crippen molar-refractivity contribution in [3.05, 3.63) is 69.7 Å². The zero-order valence-corrected chi connectivity index (χ0v) is 18.1. The number of hydrogen-bond donors (Lipinski definition) is 1. The zero-order valence-electron chi connectivity index (χ0n) is 16.6. The number of carbonyl (C=O) groups is 1. The minimum absolute atomic E-state index is 0.0508. The van der Waals surface area contributed by atoms with Crippen molar-refractivity contribution in [2.24, 2.45) is 5.92 Å². The van der Waals surface area contributed by atoms with E-state index in [0.29, 0.717) is 16.6 Å².